The number of esters is 1. The number of hydrogen-bond acceptors (Lipinski definition) is 6. The maximum absolute atomic E-state index is 14.2. The molecule has 0 aromatic heterocycles. The molecule has 0 atom stereocenters. The van der Waals surface area contributed by atoms with E-state index < -0.39 is 35.0 Å². The molecule has 3 N–H and O–H groups in total. The number of methoxy groups -OCH3 is 1. The van der Waals surface area contributed by atoms with Crippen molar-refractivity contribution in [2.45, 2.75) is 43.4 Å². The van der Waals surface area contributed by atoms with Gasteiger partial charge in [0.15, 0.2) is 5.54 Å². The molecule has 208 valence electrons. The minimum Gasteiger partial charge on any atom is -0.468 e. The highest BCUT2D eigenvalue weighted by Crippen LogP contribution is 2.35. The van der Waals surface area contributed by atoms with Crippen LogP contribution in [-0.4, -0.2) is 43.1 Å². The molecule has 0 spiro atoms. The third kappa shape index (κ3) is 6.31. The maximum Gasteiger partial charge on any atom is 0.408 e. The Morgan fingerprint density at radius 1 is 0.800 bits per heavy atom. The minimum atomic E-state index is -1.71. The second-order valence-corrected chi connectivity index (χ2v) is 9.67. The zero-order valence-corrected chi connectivity index (χ0v) is 22.4. The summed E-state index contributed by atoms with van der Waals surface area (Å²) in [5, 5.41) is 8.42. The van der Waals surface area contributed by atoms with Gasteiger partial charge in [0, 0.05) is 0 Å². The Bertz CT molecular complexity index is 1270. The fourth-order valence-electron chi connectivity index (χ4n) is 5.00. The maximum atomic E-state index is 14.2. The molecule has 1 aliphatic carbocycles. The second-order valence-electron chi connectivity index (χ2n) is 9.67. The van der Waals surface area contributed by atoms with Gasteiger partial charge in [0.1, 0.15) is 18.7 Å². The molecule has 0 bridgehead atoms. The van der Waals surface area contributed by atoms with Gasteiger partial charge in [-0.3, -0.25) is 14.4 Å². The highest BCUT2D eigenvalue weighted by molar-refractivity contribution is 6.00. The van der Waals surface area contributed by atoms with Gasteiger partial charge in [0.2, 0.25) is 5.91 Å². The molecule has 9 heteroatoms. The number of alkyl carbamates (subject to hydrolysis) is 1. The number of rotatable bonds is 10. The van der Waals surface area contributed by atoms with E-state index in [1.54, 1.807) is 60.7 Å². The predicted octanol–water partition coefficient (Wildman–Crippen LogP) is 3.57. The Kier molecular flexibility index (Phi) is 9.16. The van der Waals surface area contributed by atoms with Crippen molar-refractivity contribution in [1.29, 1.82) is 0 Å². The van der Waals surface area contributed by atoms with Crippen LogP contribution in [0.25, 0.3) is 0 Å². The lowest BCUT2D eigenvalue weighted by atomic mass is 9.80. The first-order chi connectivity index (χ1) is 19.4. The zero-order valence-electron chi connectivity index (χ0n) is 22.4. The van der Waals surface area contributed by atoms with Crippen molar-refractivity contribution in [3.05, 3.63) is 108 Å². The smallest absolute Gasteiger partial charge is 0.408 e. The molecular weight excluding hydrogens is 510 g/mol. The van der Waals surface area contributed by atoms with Crippen LogP contribution in [-0.2, 0) is 36.0 Å². The van der Waals surface area contributed by atoms with Gasteiger partial charge in [-0.25, -0.2) is 4.79 Å². The first kappa shape index (κ1) is 28.4. The molecule has 3 aromatic carbocycles. The molecule has 0 unspecified atom stereocenters. The number of benzene rings is 3. The first-order valence-electron chi connectivity index (χ1n) is 13.2. The number of carbonyl (C=O) groups excluding carboxylic acids is 4. The molecule has 1 fully saturated rings. The molecular formula is C31H33N3O6. The van der Waals surface area contributed by atoms with Crippen molar-refractivity contribution in [3.63, 3.8) is 0 Å². The summed E-state index contributed by atoms with van der Waals surface area (Å²) in [5.41, 5.74) is -1.21. The van der Waals surface area contributed by atoms with Crippen molar-refractivity contribution in [2.24, 2.45) is 0 Å². The van der Waals surface area contributed by atoms with E-state index in [4.69, 9.17) is 9.47 Å². The predicted molar refractivity (Wildman–Crippen MR) is 148 cm³/mol. The van der Waals surface area contributed by atoms with E-state index in [0.29, 0.717) is 36.8 Å². The van der Waals surface area contributed by atoms with E-state index >= 15 is 0 Å². The van der Waals surface area contributed by atoms with Crippen molar-refractivity contribution in [2.75, 3.05) is 13.7 Å². The normalized spacial score (nSPS) is 14.0. The van der Waals surface area contributed by atoms with E-state index in [1.165, 1.54) is 7.11 Å². The van der Waals surface area contributed by atoms with Gasteiger partial charge in [-0.1, -0.05) is 104 Å². The number of hydrogen-bond donors (Lipinski definition) is 3. The van der Waals surface area contributed by atoms with Crippen LogP contribution >= 0.6 is 0 Å². The monoisotopic (exact) mass is 543 g/mol. The van der Waals surface area contributed by atoms with E-state index in [2.05, 4.69) is 16.0 Å². The Balaban J connectivity index is 1.67. The number of ether oxygens (including phenoxy) is 2. The Hall–Kier alpha value is -4.66. The van der Waals surface area contributed by atoms with Gasteiger partial charge in [-0.05, 0) is 29.5 Å². The SMILES string of the molecule is COC(=O)CNC(=O)C(NC(=O)C1(NC(=O)OCc2ccccc2)CCCC1)(c1ccccc1)c1ccccc1. The molecule has 0 aliphatic heterocycles. The standard InChI is InChI=1S/C31H33N3O6/c1-39-26(35)21-32-28(37)31(24-15-7-3-8-16-24,25-17-9-4-10-18-25)33-27(36)30(19-11-12-20-30)34-29(38)40-22-23-13-5-2-6-14-23/h2-10,13-18H,11-12,19-22H2,1H3,(H,32,37)(H,33,36)(H,34,38). The molecule has 1 saturated carbocycles. The minimum absolute atomic E-state index is 0.0538. The number of amides is 3. The van der Waals surface area contributed by atoms with Crippen LogP contribution in [0.2, 0.25) is 0 Å². The van der Waals surface area contributed by atoms with Crippen LogP contribution in [0, 0.1) is 0 Å². The fraction of sp³-hybridized carbons (Fsp3) is 0.290. The summed E-state index contributed by atoms with van der Waals surface area (Å²) in [6.07, 6.45) is 1.46. The lowest BCUT2D eigenvalue weighted by molar-refractivity contribution is -0.142. The van der Waals surface area contributed by atoms with Crippen molar-refractivity contribution < 1.29 is 28.7 Å². The summed E-state index contributed by atoms with van der Waals surface area (Å²) in [7, 11) is 1.23. The topological polar surface area (TPSA) is 123 Å². The summed E-state index contributed by atoms with van der Waals surface area (Å²) < 4.78 is 10.1. The van der Waals surface area contributed by atoms with Crippen LogP contribution in [0.3, 0.4) is 0 Å². The van der Waals surface area contributed by atoms with Crippen molar-refractivity contribution >= 4 is 23.9 Å². The third-order valence-electron chi connectivity index (χ3n) is 7.12. The van der Waals surface area contributed by atoms with Gasteiger partial charge in [-0.15, -0.1) is 0 Å². The van der Waals surface area contributed by atoms with Crippen LogP contribution < -0.4 is 16.0 Å². The fourth-order valence-corrected chi connectivity index (χ4v) is 5.00. The Morgan fingerprint density at radius 2 is 1.32 bits per heavy atom. The Labute approximate surface area is 233 Å². The molecule has 0 saturated heterocycles. The highest BCUT2D eigenvalue weighted by atomic mass is 16.5. The van der Waals surface area contributed by atoms with Crippen LogP contribution in [0.15, 0.2) is 91.0 Å². The average Bonchev–Trinajstić information content (AvgIpc) is 3.48. The van der Waals surface area contributed by atoms with E-state index in [0.717, 1.165) is 5.56 Å². The van der Waals surface area contributed by atoms with Crippen molar-refractivity contribution in [3.8, 4) is 0 Å². The first-order valence-corrected chi connectivity index (χ1v) is 13.2. The van der Waals surface area contributed by atoms with Crippen LogP contribution in [0.5, 0.6) is 0 Å². The molecule has 9 nitrogen and oxygen atoms in total. The van der Waals surface area contributed by atoms with E-state index in [-0.39, 0.29) is 13.2 Å². The molecule has 4 rings (SSSR count). The van der Waals surface area contributed by atoms with Crippen LogP contribution in [0.4, 0.5) is 4.79 Å². The van der Waals surface area contributed by atoms with Crippen LogP contribution in [0.1, 0.15) is 42.4 Å². The second kappa shape index (κ2) is 12.9. The number of carbonyl (C=O) groups is 4. The van der Waals surface area contributed by atoms with Crippen molar-refractivity contribution in [1.82, 2.24) is 16.0 Å². The summed E-state index contributed by atoms with van der Waals surface area (Å²) in [6, 6.07) is 26.8. The van der Waals surface area contributed by atoms with Gasteiger partial charge in [-0.2, -0.15) is 0 Å². The number of nitrogens with one attached hydrogen (secondary N) is 3. The van der Waals surface area contributed by atoms with Gasteiger partial charge in [0.05, 0.1) is 7.11 Å². The van der Waals surface area contributed by atoms with E-state index in [9.17, 15) is 19.2 Å². The lowest BCUT2D eigenvalue weighted by Gasteiger charge is -2.38. The summed E-state index contributed by atoms with van der Waals surface area (Å²) >= 11 is 0. The zero-order chi connectivity index (χ0) is 28.4. The lowest BCUT2D eigenvalue weighted by Crippen LogP contribution is -2.65. The molecule has 3 amide bonds. The molecule has 40 heavy (non-hydrogen) atoms. The summed E-state index contributed by atoms with van der Waals surface area (Å²) in [5.74, 6) is -1.78. The highest BCUT2D eigenvalue weighted by Gasteiger charge is 2.50. The summed E-state index contributed by atoms with van der Waals surface area (Å²) in [6.45, 7) is -0.333. The largest absolute Gasteiger partial charge is 0.468 e. The third-order valence-corrected chi connectivity index (χ3v) is 7.12. The average molecular weight is 544 g/mol. The molecule has 0 radical (unpaired) electrons. The molecule has 0 heterocycles. The van der Waals surface area contributed by atoms with Gasteiger partial charge in [0.25, 0.3) is 5.91 Å². The quantitative estimate of drug-likeness (QED) is 0.336. The van der Waals surface area contributed by atoms with Gasteiger partial charge >= 0.3 is 12.1 Å². The molecule has 1 aliphatic rings. The Morgan fingerprint density at radius 3 is 1.85 bits per heavy atom. The molecule has 3 aromatic rings. The summed E-state index contributed by atoms with van der Waals surface area (Å²) in [4.78, 5) is 52.9. The van der Waals surface area contributed by atoms with E-state index in [1.807, 2.05) is 30.3 Å². The van der Waals surface area contributed by atoms with Gasteiger partial charge < -0.3 is 25.4 Å².